The van der Waals surface area contributed by atoms with E-state index in [4.69, 9.17) is 9.47 Å². The van der Waals surface area contributed by atoms with Crippen LogP contribution < -0.4 is 0 Å². The summed E-state index contributed by atoms with van der Waals surface area (Å²) in [5.41, 5.74) is 1.29. The van der Waals surface area contributed by atoms with Crippen LogP contribution in [-0.4, -0.2) is 29.3 Å². The second-order valence-electron chi connectivity index (χ2n) is 6.11. The fourth-order valence-electron chi connectivity index (χ4n) is 2.46. The van der Waals surface area contributed by atoms with Crippen molar-refractivity contribution in [3.8, 4) is 0 Å². The molecule has 0 N–H and O–H groups in total. The average molecular weight is 280 g/mol. The van der Waals surface area contributed by atoms with E-state index in [2.05, 4.69) is 32.1 Å². The Balaban J connectivity index is 1.71. The summed E-state index contributed by atoms with van der Waals surface area (Å²) in [6.45, 7) is 9.05. The second-order valence-corrected chi connectivity index (χ2v) is 6.11. The van der Waals surface area contributed by atoms with E-state index >= 15 is 0 Å². The van der Waals surface area contributed by atoms with Gasteiger partial charge in [-0.3, -0.25) is 4.68 Å². The molecule has 0 unspecified atom stereocenters. The number of rotatable bonds is 7. The molecule has 4 nitrogen and oxygen atoms in total. The molecule has 2 heterocycles. The van der Waals surface area contributed by atoms with Gasteiger partial charge in [0, 0.05) is 18.7 Å². The highest BCUT2D eigenvalue weighted by molar-refractivity contribution is 5.08. The molecular weight excluding hydrogens is 252 g/mol. The van der Waals surface area contributed by atoms with Crippen LogP contribution in [0.1, 0.15) is 57.9 Å². The molecule has 0 bridgehead atoms. The lowest BCUT2D eigenvalue weighted by Crippen LogP contribution is -2.34. The molecule has 0 amide bonds. The molecule has 20 heavy (non-hydrogen) atoms. The number of unbranched alkanes of at least 4 members (excludes halogenated alkanes) is 2. The van der Waals surface area contributed by atoms with Crippen molar-refractivity contribution in [2.75, 3.05) is 13.2 Å². The van der Waals surface area contributed by atoms with Crippen molar-refractivity contribution in [3.63, 3.8) is 0 Å². The van der Waals surface area contributed by atoms with Crippen LogP contribution in [0.3, 0.4) is 0 Å². The van der Waals surface area contributed by atoms with E-state index in [0.717, 1.165) is 26.2 Å². The molecule has 1 aliphatic rings. The van der Waals surface area contributed by atoms with Crippen molar-refractivity contribution in [2.45, 2.75) is 65.2 Å². The van der Waals surface area contributed by atoms with E-state index in [1.54, 1.807) is 0 Å². The molecule has 1 aromatic heterocycles. The molecule has 2 rings (SSSR count). The molecule has 0 radical (unpaired) electrons. The van der Waals surface area contributed by atoms with E-state index < -0.39 is 0 Å². The summed E-state index contributed by atoms with van der Waals surface area (Å²) in [7, 11) is 0. The van der Waals surface area contributed by atoms with Gasteiger partial charge in [-0.05, 0) is 24.3 Å². The van der Waals surface area contributed by atoms with E-state index in [1.807, 2.05) is 10.9 Å². The highest BCUT2D eigenvalue weighted by Gasteiger charge is 2.22. The van der Waals surface area contributed by atoms with E-state index in [-0.39, 0.29) is 6.29 Å². The highest BCUT2D eigenvalue weighted by atomic mass is 16.7. The van der Waals surface area contributed by atoms with Crippen LogP contribution in [0.25, 0.3) is 0 Å². The van der Waals surface area contributed by atoms with Gasteiger partial charge < -0.3 is 9.47 Å². The van der Waals surface area contributed by atoms with Crippen LogP contribution in [0.2, 0.25) is 0 Å². The molecule has 0 aromatic carbocycles. The Kier molecular flexibility index (Phi) is 6.05. The second kappa shape index (κ2) is 7.79. The summed E-state index contributed by atoms with van der Waals surface area (Å²) in [4.78, 5) is 0. The van der Waals surface area contributed by atoms with Crippen LogP contribution in [0.15, 0.2) is 12.4 Å². The molecule has 1 fully saturated rings. The van der Waals surface area contributed by atoms with Crippen molar-refractivity contribution in [2.24, 2.45) is 5.92 Å². The first-order valence-electron chi connectivity index (χ1n) is 7.94. The molecule has 1 aliphatic heterocycles. The lowest BCUT2D eigenvalue weighted by Gasteiger charge is -2.29. The summed E-state index contributed by atoms with van der Waals surface area (Å²) in [5.74, 6) is 0.947. The summed E-state index contributed by atoms with van der Waals surface area (Å²) >= 11 is 0. The van der Waals surface area contributed by atoms with Crippen molar-refractivity contribution in [1.29, 1.82) is 0 Å². The van der Waals surface area contributed by atoms with Gasteiger partial charge in [-0.25, -0.2) is 0 Å². The van der Waals surface area contributed by atoms with E-state index in [9.17, 15) is 0 Å². The fourth-order valence-corrected chi connectivity index (χ4v) is 2.46. The lowest BCUT2D eigenvalue weighted by atomic mass is 10.1. The highest BCUT2D eigenvalue weighted by Crippen LogP contribution is 2.18. The maximum atomic E-state index is 5.80. The molecule has 0 saturated carbocycles. The fraction of sp³-hybridized carbons (Fsp3) is 0.812. The molecule has 4 heteroatoms. The summed E-state index contributed by atoms with van der Waals surface area (Å²) < 4.78 is 13.6. The Morgan fingerprint density at radius 2 is 2.05 bits per heavy atom. The first-order chi connectivity index (χ1) is 9.69. The Morgan fingerprint density at radius 1 is 1.30 bits per heavy atom. The van der Waals surface area contributed by atoms with Gasteiger partial charge in [0.1, 0.15) is 0 Å². The Hall–Kier alpha value is -0.870. The number of nitrogens with zero attached hydrogens (tertiary/aromatic N) is 2. The van der Waals surface area contributed by atoms with E-state index in [0.29, 0.717) is 11.8 Å². The molecule has 0 aliphatic carbocycles. The molecular formula is C16H28N2O2. The first kappa shape index (κ1) is 15.5. The Morgan fingerprint density at radius 3 is 2.65 bits per heavy atom. The topological polar surface area (TPSA) is 36.3 Å². The molecule has 1 saturated heterocycles. The SMILES string of the molecule is CCCCCC1OCC(Cn2cc(C(C)C)cn2)CO1. The number of hydrogen-bond donors (Lipinski definition) is 0. The van der Waals surface area contributed by atoms with Gasteiger partial charge in [-0.1, -0.05) is 33.6 Å². The van der Waals surface area contributed by atoms with Gasteiger partial charge in [0.25, 0.3) is 0 Å². The van der Waals surface area contributed by atoms with Crippen LogP contribution in [0.4, 0.5) is 0 Å². The molecule has 0 atom stereocenters. The number of ether oxygens (including phenoxy) is 2. The van der Waals surface area contributed by atoms with Crippen LogP contribution in [0.5, 0.6) is 0 Å². The van der Waals surface area contributed by atoms with E-state index in [1.165, 1.54) is 24.8 Å². The summed E-state index contributed by atoms with van der Waals surface area (Å²) in [6, 6.07) is 0. The normalized spacial score (nSPS) is 23.4. The van der Waals surface area contributed by atoms with Gasteiger partial charge in [-0.2, -0.15) is 5.10 Å². The zero-order valence-electron chi connectivity index (χ0n) is 13.0. The zero-order valence-corrected chi connectivity index (χ0v) is 13.0. The van der Waals surface area contributed by atoms with Crippen molar-refractivity contribution in [3.05, 3.63) is 18.0 Å². The third kappa shape index (κ3) is 4.60. The minimum absolute atomic E-state index is 0.0154. The Labute approximate surface area is 122 Å². The average Bonchev–Trinajstić information content (AvgIpc) is 2.90. The third-order valence-electron chi connectivity index (χ3n) is 3.84. The monoisotopic (exact) mass is 280 g/mol. The van der Waals surface area contributed by atoms with Gasteiger partial charge in [0.15, 0.2) is 6.29 Å². The maximum Gasteiger partial charge on any atom is 0.157 e. The standard InChI is InChI=1S/C16H28N2O2/c1-4-5-6-7-16-19-11-14(12-20-16)9-18-10-15(8-17-18)13(2)3/h8,10,13-14,16H,4-7,9,11-12H2,1-3H3. The minimum Gasteiger partial charge on any atom is -0.352 e. The predicted octanol–water partition coefficient (Wildman–Crippen LogP) is 3.58. The zero-order chi connectivity index (χ0) is 14.4. The third-order valence-corrected chi connectivity index (χ3v) is 3.84. The number of hydrogen-bond acceptors (Lipinski definition) is 3. The van der Waals surface area contributed by atoms with Gasteiger partial charge >= 0.3 is 0 Å². The lowest BCUT2D eigenvalue weighted by molar-refractivity contribution is -0.205. The van der Waals surface area contributed by atoms with Crippen molar-refractivity contribution >= 4 is 0 Å². The summed E-state index contributed by atoms with van der Waals surface area (Å²) in [5, 5.41) is 4.42. The molecule has 0 spiro atoms. The smallest absolute Gasteiger partial charge is 0.157 e. The summed E-state index contributed by atoms with van der Waals surface area (Å²) in [6.07, 6.45) is 8.84. The van der Waals surface area contributed by atoms with Gasteiger partial charge in [-0.15, -0.1) is 0 Å². The number of aromatic nitrogens is 2. The maximum absolute atomic E-state index is 5.80. The first-order valence-corrected chi connectivity index (χ1v) is 7.94. The van der Waals surface area contributed by atoms with Gasteiger partial charge in [0.2, 0.25) is 0 Å². The molecule has 114 valence electrons. The van der Waals surface area contributed by atoms with Crippen molar-refractivity contribution < 1.29 is 9.47 Å². The van der Waals surface area contributed by atoms with Gasteiger partial charge in [0.05, 0.1) is 19.4 Å². The quantitative estimate of drug-likeness (QED) is 0.716. The predicted molar refractivity (Wildman–Crippen MR) is 79.6 cm³/mol. The molecule has 1 aromatic rings. The minimum atomic E-state index is 0.0154. The van der Waals surface area contributed by atoms with Crippen LogP contribution >= 0.6 is 0 Å². The largest absolute Gasteiger partial charge is 0.352 e. The van der Waals surface area contributed by atoms with Crippen LogP contribution in [-0.2, 0) is 16.0 Å². The van der Waals surface area contributed by atoms with Crippen LogP contribution in [0, 0.1) is 5.92 Å². The van der Waals surface area contributed by atoms with Crippen molar-refractivity contribution in [1.82, 2.24) is 9.78 Å². The Bertz CT molecular complexity index is 382.